The number of hydrogen-bond acceptors (Lipinski definition) is 6. The van der Waals surface area contributed by atoms with Crippen LogP contribution in [0, 0.1) is 6.92 Å². The van der Waals surface area contributed by atoms with Crippen molar-refractivity contribution in [2.45, 2.75) is 6.92 Å². The highest BCUT2D eigenvalue weighted by Gasteiger charge is 2.14. The minimum absolute atomic E-state index is 0.199. The quantitative estimate of drug-likeness (QED) is 0.599. The lowest BCUT2D eigenvalue weighted by Gasteiger charge is -2.11. The second kappa shape index (κ2) is 6.57. The Morgan fingerprint density at radius 3 is 2.69 bits per heavy atom. The molecule has 0 aliphatic carbocycles. The van der Waals surface area contributed by atoms with E-state index in [-0.39, 0.29) is 5.91 Å². The molecule has 8 heteroatoms. The molecule has 0 aliphatic heterocycles. The van der Waals surface area contributed by atoms with Gasteiger partial charge in [-0.05, 0) is 37.3 Å². The molecule has 0 radical (unpaired) electrons. The van der Waals surface area contributed by atoms with Crippen LogP contribution in [0.5, 0.6) is 5.75 Å². The molecule has 2 heterocycles. The first-order valence-corrected chi connectivity index (χ1v) is 8.71. The fraction of sp³-hybridized carbons (Fsp3) is 0.111. The predicted octanol–water partition coefficient (Wildman–Crippen LogP) is 3.42. The lowest BCUT2D eigenvalue weighted by atomic mass is 10.1. The van der Waals surface area contributed by atoms with Crippen LogP contribution in [-0.2, 0) is 0 Å². The number of benzene rings is 2. The van der Waals surface area contributed by atoms with Crippen LogP contribution in [-0.4, -0.2) is 32.8 Å². The monoisotopic (exact) mass is 365 g/mol. The molecule has 1 N–H and O–H groups in total. The highest BCUT2D eigenvalue weighted by atomic mass is 32.1. The molecular formula is C18H15N5O2S. The number of ether oxygens (including phenoxy) is 1. The van der Waals surface area contributed by atoms with Crippen molar-refractivity contribution in [3.05, 3.63) is 59.9 Å². The largest absolute Gasteiger partial charge is 0.495 e. The lowest BCUT2D eigenvalue weighted by molar-refractivity contribution is 0.102. The number of carbonyl (C=O) groups excluding carboxylic acids is 1. The van der Waals surface area contributed by atoms with E-state index in [4.69, 9.17) is 4.74 Å². The summed E-state index contributed by atoms with van der Waals surface area (Å²) in [7, 11) is 1.57. The van der Waals surface area contributed by atoms with E-state index in [0.717, 1.165) is 21.4 Å². The van der Waals surface area contributed by atoms with Gasteiger partial charge in [-0.3, -0.25) is 4.79 Å². The van der Waals surface area contributed by atoms with Gasteiger partial charge in [0.05, 0.1) is 12.8 Å². The molecule has 4 aromatic rings. The molecule has 0 fully saturated rings. The molecule has 1 amide bonds. The summed E-state index contributed by atoms with van der Waals surface area (Å²) in [5, 5.41) is 16.3. The zero-order valence-corrected chi connectivity index (χ0v) is 14.9. The van der Waals surface area contributed by atoms with Gasteiger partial charge >= 0.3 is 0 Å². The zero-order chi connectivity index (χ0) is 18.1. The second-order valence-corrected chi connectivity index (χ2v) is 6.54. The fourth-order valence-corrected chi connectivity index (χ4v) is 3.44. The van der Waals surface area contributed by atoms with E-state index >= 15 is 0 Å². The molecule has 0 saturated carbocycles. The minimum atomic E-state index is -0.199. The number of hydrogen-bond donors (Lipinski definition) is 1. The lowest BCUT2D eigenvalue weighted by Crippen LogP contribution is -2.12. The van der Waals surface area contributed by atoms with Crippen LogP contribution in [0.3, 0.4) is 0 Å². The second-order valence-electron chi connectivity index (χ2n) is 5.58. The Kier molecular flexibility index (Phi) is 4.10. The predicted molar refractivity (Wildman–Crippen MR) is 99.8 cm³/mol. The molecule has 0 saturated heterocycles. The normalized spacial score (nSPS) is 10.8. The number of nitrogens with one attached hydrogen (secondary N) is 1. The summed E-state index contributed by atoms with van der Waals surface area (Å²) in [6.07, 6.45) is 0. The molecule has 0 aliphatic rings. The van der Waals surface area contributed by atoms with Crippen molar-refractivity contribution in [3.8, 4) is 16.3 Å². The molecule has 0 bridgehead atoms. The summed E-state index contributed by atoms with van der Waals surface area (Å²) in [5.74, 6) is 1.11. The van der Waals surface area contributed by atoms with Crippen LogP contribution in [0.25, 0.3) is 15.5 Å². The van der Waals surface area contributed by atoms with Crippen molar-refractivity contribution in [3.63, 3.8) is 0 Å². The van der Waals surface area contributed by atoms with Crippen molar-refractivity contribution in [1.29, 1.82) is 0 Å². The van der Waals surface area contributed by atoms with Crippen molar-refractivity contribution in [1.82, 2.24) is 19.8 Å². The van der Waals surface area contributed by atoms with E-state index in [9.17, 15) is 4.79 Å². The van der Waals surface area contributed by atoms with E-state index in [1.807, 2.05) is 43.3 Å². The first kappa shape index (κ1) is 16.2. The van der Waals surface area contributed by atoms with Crippen molar-refractivity contribution >= 4 is 27.9 Å². The first-order chi connectivity index (χ1) is 12.7. The summed E-state index contributed by atoms with van der Waals surface area (Å²) in [6, 6.07) is 14.6. The third kappa shape index (κ3) is 2.91. The highest BCUT2D eigenvalue weighted by molar-refractivity contribution is 7.19. The van der Waals surface area contributed by atoms with Crippen LogP contribution in [0.2, 0.25) is 0 Å². The number of aryl methyl sites for hydroxylation is 1. The Balaban J connectivity index is 1.69. The van der Waals surface area contributed by atoms with E-state index in [1.54, 1.807) is 23.8 Å². The molecule has 2 aromatic heterocycles. The molecule has 7 nitrogen and oxygen atoms in total. The van der Waals surface area contributed by atoms with Gasteiger partial charge in [0.25, 0.3) is 5.91 Å². The molecule has 0 atom stereocenters. The Labute approximate surface area is 153 Å². The third-order valence-electron chi connectivity index (χ3n) is 3.88. The van der Waals surface area contributed by atoms with Crippen LogP contribution < -0.4 is 10.1 Å². The number of amides is 1. The summed E-state index contributed by atoms with van der Waals surface area (Å²) in [4.78, 5) is 13.2. The van der Waals surface area contributed by atoms with E-state index in [2.05, 4.69) is 20.6 Å². The molecule has 2 aromatic carbocycles. The maximum Gasteiger partial charge on any atom is 0.255 e. The average molecular weight is 365 g/mol. The van der Waals surface area contributed by atoms with Gasteiger partial charge in [-0.25, -0.2) is 0 Å². The van der Waals surface area contributed by atoms with Gasteiger partial charge in [0.15, 0.2) is 5.82 Å². The fourth-order valence-electron chi connectivity index (χ4n) is 2.55. The van der Waals surface area contributed by atoms with Crippen LogP contribution in [0.15, 0.2) is 48.5 Å². The zero-order valence-electron chi connectivity index (χ0n) is 14.1. The molecule has 26 heavy (non-hydrogen) atoms. The summed E-state index contributed by atoms with van der Waals surface area (Å²) < 4.78 is 7.08. The van der Waals surface area contributed by atoms with Gasteiger partial charge in [0.1, 0.15) is 10.8 Å². The molecule has 0 unspecified atom stereocenters. The summed E-state index contributed by atoms with van der Waals surface area (Å²) >= 11 is 1.43. The van der Waals surface area contributed by atoms with Crippen LogP contribution in [0.4, 0.5) is 5.69 Å². The van der Waals surface area contributed by atoms with Crippen molar-refractivity contribution < 1.29 is 9.53 Å². The highest BCUT2D eigenvalue weighted by Crippen LogP contribution is 2.33. The Hall–Kier alpha value is -3.26. The maximum absolute atomic E-state index is 12.5. The van der Waals surface area contributed by atoms with Gasteiger partial charge in [-0.1, -0.05) is 29.5 Å². The van der Waals surface area contributed by atoms with Gasteiger partial charge in [0, 0.05) is 11.1 Å². The SMILES string of the molecule is COc1ccc(-c2nn3c(C)nnc3s2)cc1NC(=O)c1ccccc1. The Morgan fingerprint density at radius 2 is 1.96 bits per heavy atom. The number of anilines is 1. The van der Waals surface area contributed by atoms with Gasteiger partial charge < -0.3 is 10.1 Å². The topological polar surface area (TPSA) is 81.4 Å². The first-order valence-electron chi connectivity index (χ1n) is 7.89. The Bertz CT molecular complexity index is 1090. The third-order valence-corrected chi connectivity index (χ3v) is 4.83. The number of nitrogens with zero attached hydrogens (tertiary/aromatic N) is 4. The van der Waals surface area contributed by atoms with Gasteiger partial charge in [-0.2, -0.15) is 9.61 Å². The van der Waals surface area contributed by atoms with E-state index in [1.165, 1.54) is 11.3 Å². The minimum Gasteiger partial charge on any atom is -0.495 e. The number of carbonyl (C=O) groups is 1. The molecular weight excluding hydrogens is 350 g/mol. The number of aromatic nitrogens is 4. The maximum atomic E-state index is 12.5. The van der Waals surface area contributed by atoms with E-state index < -0.39 is 0 Å². The smallest absolute Gasteiger partial charge is 0.255 e. The standard InChI is InChI=1S/C18H15N5O2S/c1-11-20-21-18-23(11)22-17(26-18)13-8-9-15(25-2)14(10-13)19-16(24)12-6-4-3-5-7-12/h3-10H,1-2H3,(H,19,24). The Morgan fingerprint density at radius 1 is 1.15 bits per heavy atom. The van der Waals surface area contributed by atoms with Gasteiger partial charge in [0.2, 0.25) is 4.96 Å². The summed E-state index contributed by atoms with van der Waals surface area (Å²) in [5.41, 5.74) is 2.03. The number of rotatable bonds is 4. The molecule has 130 valence electrons. The molecule has 0 spiro atoms. The molecule has 4 rings (SSSR count). The van der Waals surface area contributed by atoms with Gasteiger partial charge in [-0.15, -0.1) is 10.2 Å². The number of fused-ring (bicyclic) bond motifs is 1. The van der Waals surface area contributed by atoms with Crippen LogP contribution >= 0.6 is 11.3 Å². The van der Waals surface area contributed by atoms with Crippen LogP contribution in [0.1, 0.15) is 16.2 Å². The summed E-state index contributed by atoms with van der Waals surface area (Å²) in [6.45, 7) is 1.85. The average Bonchev–Trinajstić information content (AvgIpc) is 3.24. The van der Waals surface area contributed by atoms with E-state index in [0.29, 0.717) is 17.0 Å². The van der Waals surface area contributed by atoms with Crippen molar-refractivity contribution in [2.75, 3.05) is 12.4 Å². The number of methoxy groups -OCH3 is 1. The van der Waals surface area contributed by atoms with Crippen molar-refractivity contribution in [2.24, 2.45) is 0 Å².